The van der Waals surface area contributed by atoms with Crippen LogP contribution in [0.3, 0.4) is 0 Å². The number of hydrogen-bond donors (Lipinski definition) is 1. The van der Waals surface area contributed by atoms with Gasteiger partial charge in [0, 0.05) is 16.7 Å². The Hall–Kier alpha value is -1.57. The fourth-order valence-corrected chi connectivity index (χ4v) is 4.72. The molecule has 138 valence electrons. The van der Waals surface area contributed by atoms with Crippen LogP contribution in [0.4, 0.5) is 11.4 Å². The number of amides is 1. The average Bonchev–Trinajstić information content (AvgIpc) is 2.62. The van der Waals surface area contributed by atoms with Gasteiger partial charge in [0.2, 0.25) is 10.0 Å². The predicted octanol–water partition coefficient (Wildman–Crippen LogP) is 4.46. The molecule has 2 aromatic carbocycles. The number of aryl methyl sites for hydroxylation is 1. The van der Waals surface area contributed by atoms with Gasteiger partial charge < -0.3 is 5.32 Å². The van der Waals surface area contributed by atoms with Crippen LogP contribution in [0.15, 0.2) is 40.9 Å². The van der Waals surface area contributed by atoms with Crippen LogP contribution in [-0.4, -0.2) is 26.6 Å². The Labute approximate surface area is 166 Å². The first-order chi connectivity index (χ1) is 12.3. The number of fused-ring (bicyclic) bond motifs is 1. The third-order valence-corrected chi connectivity index (χ3v) is 6.89. The maximum Gasteiger partial charge on any atom is 0.257 e. The first kappa shape index (κ1) is 19.2. The number of hydrogen-bond acceptors (Lipinski definition) is 3. The highest BCUT2D eigenvalue weighted by molar-refractivity contribution is 9.10. The van der Waals surface area contributed by atoms with Crippen molar-refractivity contribution in [3.63, 3.8) is 0 Å². The zero-order valence-electron chi connectivity index (χ0n) is 14.1. The average molecular weight is 458 g/mol. The Bertz CT molecular complexity index is 963. The number of benzene rings is 2. The Morgan fingerprint density at radius 3 is 2.77 bits per heavy atom. The van der Waals surface area contributed by atoms with Crippen LogP contribution >= 0.6 is 27.5 Å². The van der Waals surface area contributed by atoms with E-state index in [1.165, 1.54) is 4.31 Å². The molecule has 2 aromatic rings. The molecule has 1 aliphatic heterocycles. The lowest BCUT2D eigenvalue weighted by atomic mass is 10.0. The lowest BCUT2D eigenvalue weighted by Gasteiger charge is -2.30. The molecule has 0 saturated heterocycles. The van der Waals surface area contributed by atoms with E-state index < -0.39 is 10.0 Å². The van der Waals surface area contributed by atoms with Gasteiger partial charge >= 0.3 is 0 Å². The van der Waals surface area contributed by atoms with Crippen LogP contribution in [0, 0.1) is 0 Å². The third kappa shape index (κ3) is 3.89. The van der Waals surface area contributed by atoms with Crippen molar-refractivity contribution in [3.8, 4) is 0 Å². The number of nitrogens with one attached hydrogen (secondary N) is 1. The number of carbonyl (C=O) groups is 1. The molecule has 0 bridgehead atoms. The van der Waals surface area contributed by atoms with Crippen molar-refractivity contribution in [3.05, 3.63) is 57.0 Å². The maximum absolute atomic E-state index is 12.5. The summed E-state index contributed by atoms with van der Waals surface area (Å²) in [6.45, 7) is 2.13. The molecule has 5 nitrogen and oxygen atoms in total. The summed E-state index contributed by atoms with van der Waals surface area (Å²) in [5, 5.41) is 3.20. The van der Waals surface area contributed by atoms with Crippen LogP contribution in [-0.2, 0) is 16.4 Å². The van der Waals surface area contributed by atoms with Gasteiger partial charge in [0.15, 0.2) is 0 Å². The van der Waals surface area contributed by atoms with Crippen molar-refractivity contribution in [2.75, 3.05) is 21.9 Å². The molecule has 0 fully saturated rings. The van der Waals surface area contributed by atoms with Crippen molar-refractivity contribution in [1.29, 1.82) is 0 Å². The van der Waals surface area contributed by atoms with Gasteiger partial charge in [-0.2, -0.15) is 0 Å². The monoisotopic (exact) mass is 456 g/mol. The molecule has 1 aliphatic rings. The number of anilines is 2. The largest absolute Gasteiger partial charge is 0.322 e. The lowest BCUT2D eigenvalue weighted by molar-refractivity contribution is 0.102. The standard InChI is InChI=1S/C18H18BrClN2O3S/c1-2-26(24,25)22-9-3-4-12-10-14(6-8-17(12)22)21-18(23)15-11-13(19)5-7-16(15)20/h5-8,10-11H,2-4,9H2,1H3,(H,21,23). The van der Waals surface area contributed by atoms with E-state index in [0.717, 1.165) is 22.9 Å². The van der Waals surface area contributed by atoms with Gasteiger partial charge in [0.1, 0.15) is 0 Å². The summed E-state index contributed by atoms with van der Waals surface area (Å²) < 4.78 is 26.8. The number of rotatable bonds is 4. The molecule has 26 heavy (non-hydrogen) atoms. The molecule has 1 heterocycles. The maximum atomic E-state index is 12.5. The van der Waals surface area contributed by atoms with E-state index in [1.54, 1.807) is 37.3 Å². The van der Waals surface area contributed by atoms with Crippen LogP contribution in [0.2, 0.25) is 5.02 Å². The molecule has 0 radical (unpaired) electrons. The Morgan fingerprint density at radius 2 is 2.04 bits per heavy atom. The van der Waals surface area contributed by atoms with Gasteiger partial charge in [0.05, 0.1) is 22.0 Å². The normalized spacial score (nSPS) is 14.0. The fourth-order valence-electron chi connectivity index (χ4n) is 2.96. The molecule has 3 rings (SSSR count). The molecular formula is C18H18BrClN2O3S. The summed E-state index contributed by atoms with van der Waals surface area (Å²) in [6, 6.07) is 10.4. The van der Waals surface area contributed by atoms with Crippen LogP contribution < -0.4 is 9.62 Å². The van der Waals surface area contributed by atoms with Crippen LogP contribution in [0.1, 0.15) is 29.3 Å². The van der Waals surface area contributed by atoms with Crippen LogP contribution in [0.5, 0.6) is 0 Å². The second-order valence-electron chi connectivity index (χ2n) is 6.00. The van der Waals surface area contributed by atoms with E-state index in [1.807, 2.05) is 6.07 Å². The molecule has 1 amide bonds. The van der Waals surface area contributed by atoms with Gasteiger partial charge in [-0.3, -0.25) is 9.10 Å². The summed E-state index contributed by atoms with van der Waals surface area (Å²) in [5.74, 6) is -0.253. The molecule has 0 spiro atoms. The molecular weight excluding hydrogens is 440 g/mol. The topological polar surface area (TPSA) is 66.5 Å². The summed E-state index contributed by atoms with van der Waals surface area (Å²) in [4.78, 5) is 12.5. The van der Waals surface area contributed by atoms with Crippen molar-refractivity contribution in [2.24, 2.45) is 0 Å². The minimum absolute atomic E-state index is 0.0618. The highest BCUT2D eigenvalue weighted by atomic mass is 79.9. The van der Waals surface area contributed by atoms with E-state index in [-0.39, 0.29) is 11.7 Å². The second-order valence-corrected chi connectivity index (χ2v) is 9.50. The first-order valence-corrected chi connectivity index (χ1v) is 11.0. The van der Waals surface area contributed by atoms with Gasteiger partial charge in [0.25, 0.3) is 5.91 Å². The molecule has 0 unspecified atom stereocenters. The van der Waals surface area contributed by atoms with E-state index >= 15 is 0 Å². The van der Waals surface area contributed by atoms with Gasteiger partial charge in [-0.25, -0.2) is 8.42 Å². The zero-order chi connectivity index (χ0) is 18.9. The molecule has 0 aliphatic carbocycles. The zero-order valence-corrected chi connectivity index (χ0v) is 17.3. The third-order valence-electron chi connectivity index (χ3n) is 4.29. The van der Waals surface area contributed by atoms with Gasteiger partial charge in [-0.15, -0.1) is 0 Å². The second kappa shape index (κ2) is 7.58. The minimum Gasteiger partial charge on any atom is -0.322 e. The quantitative estimate of drug-likeness (QED) is 0.737. The smallest absolute Gasteiger partial charge is 0.257 e. The number of halogens is 2. The molecule has 0 saturated carbocycles. The fraction of sp³-hybridized carbons (Fsp3) is 0.278. The summed E-state index contributed by atoms with van der Waals surface area (Å²) in [5.41, 5.74) is 2.58. The number of carbonyl (C=O) groups excluding carboxylic acids is 1. The lowest BCUT2D eigenvalue weighted by Crippen LogP contribution is -2.36. The summed E-state index contributed by atoms with van der Waals surface area (Å²) >= 11 is 9.43. The summed E-state index contributed by atoms with van der Waals surface area (Å²) in [7, 11) is -3.30. The van der Waals surface area contributed by atoms with Crippen molar-refractivity contribution in [1.82, 2.24) is 0 Å². The summed E-state index contributed by atoms with van der Waals surface area (Å²) in [6.07, 6.45) is 1.52. The van der Waals surface area contributed by atoms with Gasteiger partial charge in [-0.1, -0.05) is 27.5 Å². The van der Waals surface area contributed by atoms with E-state index in [9.17, 15) is 13.2 Å². The SMILES string of the molecule is CCS(=O)(=O)N1CCCc2cc(NC(=O)c3cc(Br)ccc3Cl)ccc21. The van der Waals surface area contributed by atoms with Crippen molar-refractivity contribution < 1.29 is 13.2 Å². The predicted molar refractivity (Wildman–Crippen MR) is 109 cm³/mol. The highest BCUT2D eigenvalue weighted by Gasteiger charge is 2.26. The molecule has 0 atom stereocenters. The molecule has 0 aromatic heterocycles. The van der Waals surface area contributed by atoms with Gasteiger partial charge in [-0.05, 0) is 61.7 Å². The van der Waals surface area contributed by atoms with E-state index in [0.29, 0.717) is 28.5 Å². The van der Waals surface area contributed by atoms with Crippen molar-refractivity contribution in [2.45, 2.75) is 19.8 Å². The van der Waals surface area contributed by atoms with E-state index in [2.05, 4.69) is 21.2 Å². The van der Waals surface area contributed by atoms with Crippen molar-refractivity contribution >= 4 is 54.8 Å². The Kier molecular flexibility index (Phi) is 5.60. The first-order valence-electron chi connectivity index (χ1n) is 8.21. The Balaban J connectivity index is 1.87. The van der Waals surface area contributed by atoms with Crippen LogP contribution in [0.25, 0.3) is 0 Å². The Morgan fingerprint density at radius 1 is 1.27 bits per heavy atom. The molecule has 1 N–H and O–H groups in total. The highest BCUT2D eigenvalue weighted by Crippen LogP contribution is 2.32. The molecule has 8 heteroatoms. The van der Waals surface area contributed by atoms with E-state index in [4.69, 9.17) is 11.6 Å². The minimum atomic E-state index is -3.30. The number of sulfonamides is 1. The number of nitrogens with zero attached hydrogens (tertiary/aromatic N) is 1.